The number of hydrogen-bond acceptors (Lipinski definition) is 3. The van der Waals surface area contributed by atoms with Crippen LogP contribution in [0.3, 0.4) is 0 Å². The van der Waals surface area contributed by atoms with Crippen molar-refractivity contribution in [3.63, 3.8) is 0 Å². The third-order valence-electron chi connectivity index (χ3n) is 2.52. The first kappa shape index (κ1) is 16.5. The fourth-order valence-corrected chi connectivity index (χ4v) is 2.28. The van der Waals surface area contributed by atoms with Crippen molar-refractivity contribution in [2.75, 3.05) is 6.54 Å². The molecule has 0 fully saturated rings. The van der Waals surface area contributed by atoms with E-state index in [2.05, 4.69) is 5.32 Å². The van der Waals surface area contributed by atoms with Crippen LogP contribution < -0.4 is 5.32 Å². The molecule has 0 bridgehead atoms. The van der Waals surface area contributed by atoms with E-state index in [1.807, 2.05) is 0 Å². The van der Waals surface area contributed by atoms with Gasteiger partial charge in [0, 0.05) is 24.1 Å². The molecule has 19 heavy (non-hydrogen) atoms. The van der Waals surface area contributed by atoms with Gasteiger partial charge in [0.2, 0.25) is 5.91 Å². The van der Waals surface area contributed by atoms with Gasteiger partial charge in [0.15, 0.2) is 0 Å². The second-order valence-electron chi connectivity index (χ2n) is 4.07. The number of hydrogen-bond donors (Lipinski definition) is 3. The number of carbonyl (C=O) groups is 1. The molecule has 0 aromatic heterocycles. The molecule has 1 amide bonds. The minimum Gasteiger partial charge on any atom is -0.390 e. The Morgan fingerprint density at radius 2 is 1.95 bits per heavy atom. The van der Waals surface area contributed by atoms with Gasteiger partial charge in [-0.05, 0) is 18.6 Å². The lowest BCUT2D eigenvalue weighted by molar-refractivity contribution is -0.119. The number of aliphatic hydroxyl groups excluding tert-OH is 2. The second-order valence-corrected chi connectivity index (χ2v) is 5.30. The minimum absolute atomic E-state index is 0.150. The summed E-state index contributed by atoms with van der Waals surface area (Å²) in [6.07, 6.45) is -2.13. The lowest BCUT2D eigenvalue weighted by Crippen LogP contribution is -2.27. The average Bonchev–Trinajstić information content (AvgIpc) is 2.32. The average molecular weight is 327 g/mol. The topological polar surface area (TPSA) is 69.6 Å². The van der Waals surface area contributed by atoms with Crippen molar-refractivity contribution in [1.29, 1.82) is 0 Å². The van der Waals surface area contributed by atoms with Crippen molar-refractivity contribution in [1.82, 2.24) is 5.32 Å². The molecular formula is C12H14Cl3NO3. The zero-order valence-electron chi connectivity index (χ0n) is 10.2. The van der Waals surface area contributed by atoms with Crippen LogP contribution in [0.1, 0.15) is 25.0 Å². The van der Waals surface area contributed by atoms with Gasteiger partial charge < -0.3 is 15.5 Å². The van der Waals surface area contributed by atoms with Crippen LogP contribution in [0.4, 0.5) is 0 Å². The predicted molar refractivity (Wildman–Crippen MR) is 75.7 cm³/mol. The molecule has 1 aromatic carbocycles. The fourth-order valence-electron chi connectivity index (χ4n) is 1.55. The fraction of sp³-hybridized carbons (Fsp3) is 0.417. The Hall–Kier alpha value is -0.520. The maximum absolute atomic E-state index is 10.7. The molecule has 3 N–H and O–H groups in total. The molecule has 0 heterocycles. The molecule has 4 nitrogen and oxygen atoms in total. The molecule has 1 aromatic rings. The molecule has 0 aliphatic carbocycles. The van der Waals surface area contributed by atoms with Crippen molar-refractivity contribution >= 4 is 40.7 Å². The van der Waals surface area contributed by atoms with Gasteiger partial charge in [0.1, 0.15) is 6.10 Å². The SMILES string of the molecule is CC(=O)NCCC(O)C(O)c1cc(Cl)cc(Cl)c1Cl. The highest BCUT2D eigenvalue weighted by Crippen LogP contribution is 2.34. The van der Waals surface area contributed by atoms with E-state index in [4.69, 9.17) is 34.8 Å². The summed E-state index contributed by atoms with van der Waals surface area (Å²) in [6, 6.07) is 2.90. The Morgan fingerprint density at radius 3 is 2.53 bits per heavy atom. The van der Waals surface area contributed by atoms with Gasteiger partial charge in [0.25, 0.3) is 0 Å². The molecule has 2 unspecified atom stereocenters. The largest absolute Gasteiger partial charge is 0.390 e. The molecule has 2 atom stereocenters. The van der Waals surface area contributed by atoms with E-state index >= 15 is 0 Å². The highest BCUT2D eigenvalue weighted by atomic mass is 35.5. The molecule has 7 heteroatoms. The van der Waals surface area contributed by atoms with Crippen molar-refractivity contribution in [2.24, 2.45) is 0 Å². The molecule has 0 saturated heterocycles. The van der Waals surface area contributed by atoms with Crippen LogP contribution in [-0.2, 0) is 4.79 Å². The smallest absolute Gasteiger partial charge is 0.216 e. The maximum atomic E-state index is 10.7. The summed E-state index contributed by atoms with van der Waals surface area (Å²) in [6.45, 7) is 1.62. The van der Waals surface area contributed by atoms with Crippen molar-refractivity contribution in [3.05, 3.63) is 32.8 Å². The Balaban J connectivity index is 2.76. The molecule has 0 aliphatic heterocycles. The van der Waals surface area contributed by atoms with E-state index in [1.165, 1.54) is 19.1 Å². The van der Waals surface area contributed by atoms with Crippen LogP contribution in [0.25, 0.3) is 0 Å². The Bertz CT molecular complexity index is 468. The van der Waals surface area contributed by atoms with Crippen LogP contribution in [0.15, 0.2) is 12.1 Å². The Labute approximate surface area is 126 Å². The number of rotatable bonds is 5. The summed E-state index contributed by atoms with van der Waals surface area (Å²) in [5.41, 5.74) is 0.259. The van der Waals surface area contributed by atoms with Gasteiger partial charge in [-0.15, -0.1) is 0 Å². The predicted octanol–water partition coefficient (Wildman–Crippen LogP) is 2.57. The van der Waals surface area contributed by atoms with Crippen molar-refractivity contribution in [3.8, 4) is 0 Å². The normalized spacial score (nSPS) is 14.0. The van der Waals surface area contributed by atoms with Gasteiger partial charge in [-0.25, -0.2) is 0 Å². The number of benzene rings is 1. The summed E-state index contributed by atoms with van der Waals surface area (Å²) < 4.78 is 0. The summed E-state index contributed by atoms with van der Waals surface area (Å²) in [7, 11) is 0. The van der Waals surface area contributed by atoms with Gasteiger partial charge in [-0.2, -0.15) is 0 Å². The van der Waals surface area contributed by atoms with Crippen LogP contribution in [0.2, 0.25) is 15.1 Å². The molecular weight excluding hydrogens is 312 g/mol. The lowest BCUT2D eigenvalue weighted by atomic mass is 10.0. The van der Waals surface area contributed by atoms with Crippen LogP contribution in [0.5, 0.6) is 0 Å². The zero-order valence-corrected chi connectivity index (χ0v) is 12.4. The van der Waals surface area contributed by atoms with Crippen LogP contribution in [0, 0.1) is 0 Å². The number of nitrogens with one attached hydrogen (secondary N) is 1. The Kier molecular flexibility index (Phi) is 6.36. The third kappa shape index (κ3) is 4.82. The highest BCUT2D eigenvalue weighted by molar-refractivity contribution is 6.43. The molecule has 0 spiro atoms. The van der Waals surface area contributed by atoms with Gasteiger partial charge in [0.05, 0.1) is 16.1 Å². The van der Waals surface area contributed by atoms with Gasteiger partial charge in [-0.3, -0.25) is 4.79 Å². The summed E-state index contributed by atoms with van der Waals surface area (Å²) in [5, 5.41) is 23.1. The van der Waals surface area contributed by atoms with Gasteiger partial charge >= 0.3 is 0 Å². The first-order chi connectivity index (χ1) is 8.82. The number of carbonyl (C=O) groups excluding carboxylic acids is 1. The van der Waals surface area contributed by atoms with Crippen LogP contribution in [-0.4, -0.2) is 28.8 Å². The summed E-state index contributed by atoms with van der Waals surface area (Å²) >= 11 is 17.6. The van der Waals surface area contributed by atoms with Crippen molar-refractivity contribution < 1.29 is 15.0 Å². The van der Waals surface area contributed by atoms with E-state index in [1.54, 1.807) is 0 Å². The molecule has 1 rings (SSSR count). The quantitative estimate of drug-likeness (QED) is 0.728. The lowest BCUT2D eigenvalue weighted by Gasteiger charge is -2.20. The van der Waals surface area contributed by atoms with E-state index in [-0.39, 0.29) is 34.5 Å². The molecule has 0 radical (unpaired) electrons. The molecule has 0 saturated carbocycles. The zero-order chi connectivity index (χ0) is 14.6. The highest BCUT2D eigenvalue weighted by Gasteiger charge is 2.22. The van der Waals surface area contributed by atoms with E-state index in [0.29, 0.717) is 5.02 Å². The number of amides is 1. The molecule has 106 valence electrons. The van der Waals surface area contributed by atoms with E-state index in [0.717, 1.165) is 0 Å². The van der Waals surface area contributed by atoms with Crippen LogP contribution >= 0.6 is 34.8 Å². The first-order valence-corrected chi connectivity index (χ1v) is 6.71. The monoisotopic (exact) mass is 325 g/mol. The second kappa shape index (κ2) is 7.31. The van der Waals surface area contributed by atoms with E-state index < -0.39 is 12.2 Å². The minimum atomic E-state index is -1.22. The Morgan fingerprint density at radius 1 is 1.32 bits per heavy atom. The number of halogens is 3. The summed E-state index contributed by atoms with van der Waals surface area (Å²) in [5.74, 6) is -0.203. The van der Waals surface area contributed by atoms with Crippen molar-refractivity contribution in [2.45, 2.75) is 25.6 Å². The van der Waals surface area contributed by atoms with Gasteiger partial charge in [-0.1, -0.05) is 34.8 Å². The number of aliphatic hydroxyl groups is 2. The molecule has 0 aliphatic rings. The summed E-state index contributed by atoms with van der Waals surface area (Å²) in [4.78, 5) is 10.7. The maximum Gasteiger partial charge on any atom is 0.216 e. The van der Waals surface area contributed by atoms with E-state index in [9.17, 15) is 15.0 Å². The standard InChI is InChI=1S/C12H14Cl3NO3/c1-6(17)16-3-2-10(18)12(19)8-4-7(13)5-9(14)11(8)15/h4-5,10,12,18-19H,2-3H2,1H3,(H,16,17). The third-order valence-corrected chi connectivity index (χ3v) is 3.55. The first-order valence-electron chi connectivity index (χ1n) is 5.58.